The molecule has 8 heteroatoms. The molecule has 0 aromatic carbocycles. The number of hydrogen-bond donors (Lipinski definition) is 2. The zero-order chi connectivity index (χ0) is 15.3. The van der Waals surface area contributed by atoms with E-state index in [0.29, 0.717) is 26.2 Å². The van der Waals surface area contributed by atoms with Crippen LogP contribution in [0.3, 0.4) is 0 Å². The number of hydrogen-bond acceptors (Lipinski definition) is 6. The zero-order valence-electron chi connectivity index (χ0n) is 11.9. The minimum atomic E-state index is -0.515. The van der Waals surface area contributed by atoms with E-state index in [1.807, 2.05) is 20.8 Å². The number of nitrogens with one attached hydrogen (secondary N) is 2. The topological polar surface area (TPSA) is 104 Å². The molecule has 0 unspecified atom stereocenters. The van der Waals surface area contributed by atoms with E-state index in [2.05, 4.69) is 0 Å². The molecular weight excluding hydrogens is 278 g/mol. The summed E-state index contributed by atoms with van der Waals surface area (Å²) in [5.74, 6) is 0. The van der Waals surface area contributed by atoms with E-state index < -0.39 is 5.60 Å². The smallest absolute Gasteiger partial charge is 0.410 e. The number of piperazine rings is 1. The molecule has 0 radical (unpaired) electrons. The Morgan fingerprint density at radius 3 is 2.15 bits per heavy atom. The normalized spacial score (nSPS) is 15.5. The summed E-state index contributed by atoms with van der Waals surface area (Å²) in [7, 11) is 0. The lowest BCUT2D eigenvalue weighted by Gasteiger charge is -2.36. The van der Waals surface area contributed by atoms with Gasteiger partial charge in [0.2, 0.25) is 0 Å². The Morgan fingerprint density at radius 1 is 1.20 bits per heavy atom. The van der Waals surface area contributed by atoms with Gasteiger partial charge in [0, 0.05) is 26.2 Å². The van der Waals surface area contributed by atoms with Gasteiger partial charge in [-0.15, -0.1) is 0 Å². The Morgan fingerprint density at radius 2 is 1.70 bits per heavy atom. The minimum absolute atomic E-state index is 0.167. The van der Waals surface area contributed by atoms with Gasteiger partial charge in [-0.3, -0.25) is 10.8 Å². The van der Waals surface area contributed by atoms with Gasteiger partial charge in [0.25, 0.3) is 0 Å². The van der Waals surface area contributed by atoms with Crippen LogP contribution in [0, 0.1) is 22.1 Å². The van der Waals surface area contributed by atoms with Crippen LogP contribution in [0.5, 0.6) is 0 Å². The maximum Gasteiger partial charge on any atom is 0.410 e. The Kier molecular flexibility index (Phi) is 5.39. The van der Waals surface area contributed by atoms with Gasteiger partial charge in [-0.25, -0.2) is 4.79 Å². The molecule has 2 N–H and O–H groups in total. The van der Waals surface area contributed by atoms with E-state index in [1.165, 1.54) is 0 Å². The summed E-state index contributed by atoms with van der Waals surface area (Å²) in [4.78, 5) is 15.2. The second-order valence-corrected chi connectivity index (χ2v) is 6.30. The number of nitriles is 1. The fraction of sp³-hybridized carbons (Fsp3) is 0.667. The van der Waals surface area contributed by atoms with Crippen LogP contribution < -0.4 is 0 Å². The highest BCUT2D eigenvalue weighted by molar-refractivity contribution is 8.26. The Bertz CT molecular complexity index is 444. The summed E-state index contributed by atoms with van der Waals surface area (Å²) in [6, 6.07) is 1.68. The number of rotatable bonds is 0. The van der Waals surface area contributed by atoms with E-state index in [1.54, 1.807) is 15.9 Å². The molecular formula is C12H19N5O2S. The molecule has 0 aliphatic carbocycles. The largest absolute Gasteiger partial charge is 0.444 e. The Hall–Kier alpha value is -1.75. The molecule has 110 valence electrons. The average molecular weight is 297 g/mol. The highest BCUT2D eigenvalue weighted by Crippen LogP contribution is 2.14. The maximum absolute atomic E-state index is 11.9. The first-order valence-corrected chi connectivity index (χ1v) is 7.02. The summed E-state index contributed by atoms with van der Waals surface area (Å²) in [5, 5.41) is 23.5. The molecule has 1 aliphatic rings. The van der Waals surface area contributed by atoms with E-state index in [4.69, 9.17) is 20.8 Å². The molecule has 0 aromatic rings. The quantitative estimate of drug-likeness (QED) is 0.523. The van der Waals surface area contributed by atoms with Gasteiger partial charge in [-0.2, -0.15) is 5.26 Å². The maximum atomic E-state index is 11.9. The number of amides is 1. The van der Waals surface area contributed by atoms with Crippen LogP contribution in [-0.4, -0.2) is 57.9 Å². The van der Waals surface area contributed by atoms with Gasteiger partial charge >= 0.3 is 6.09 Å². The van der Waals surface area contributed by atoms with Crippen LogP contribution in [0.4, 0.5) is 4.79 Å². The Labute approximate surface area is 122 Å². The third kappa shape index (κ3) is 5.09. The molecule has 1 fully saturated rings. The van der Waals surface area contributed by atoms with E-state index in [0.717, 1.165) is 11.8 Å². The lowest BCUT2D eigenvalue weighted by Crippen LogP contribution is -2.51. The molecule has 20 heavy (non-hydrogen) atoms. The number of ether oxygens (including phenoxy) is 1. The lowest BCUT2D eigenvalue weighted by atomic mass is 10.2. The van der Waals surface area contributed by atoms with Crippen molar-refractivity contribution in [3.63, 3.8) is 0 Å². The molecule has 0 aromatic heterocycles. The monoisotopic (exact) mass is 297 g/mol. The third-order valence-corrected chi connectivity index (χ3v) is 3.27. The van der Waals surface area contributed by atoms with Crippen LogP contribution in [0.1, 0.15) is 20.8 Å². The summed E-state index contributed by atoms with van der Waals surface area (Å²) in [6.07, 6.45) is -0.346. The molecule has 1 aliphatic heterocycles. The summed E-state index contributed by atoms with van der Waals surface area (Å²) in [5.41, 5.74) is -0.515. The number of amidine groups is 1. The van der Waals surface area contributed by atoms with Crippen LogP contribution >= 0.6 is 11.8 Å². The molecule has 1 saturated heterocycles. The Balaban J connectivity index is 2.44. The summed E-state index contributed by atoms with van der Waals surface area (Å²) < 4.78 is 5.29. The highest BCUT2D eigenvalue weighted by atomic mass is 32.2. The predicted molar refractivity (Wildman–Crippen MR) is 78.0 cm³/mol. The number of nitrogens with zero attached hydrogens (tertiary/aromatic N) is 3. The van der Waals surface area contributed by atoms with Gasteiger partial charge in [-0.05, 0) is 32.5 Å². The van der Waals surface area contributed by atoms with Crippen molar-refractivity contribution in [2.24, 2.45) is 0 Å². The molecule has 1 rings (SSSR count). The highest BCUT2D eigenvalue weighted by Gasteiger charge is 2.27. The van der Waals surface area contributed by atoms with Crippen LogP contribution in [-0.2, 0) is 4.74 Å². The van der Waals surface area contributed by atoms with Crippen LogP contribution in [0.15, 0.2) is 0 Å². The predicted octanol–water partition coefficient (Wildman–Crippen LogP) is 1.71. The van der Waals surface area contributed by atoms with Crippen molar-refractivity contribution in [2.75, 3.05) is 26.2 Å². The number of carbonyl (C=O) groups is 1. The van der Waals surface area contributed by atoms with E-state index in [-0.39, 0.29) is 16.3 Å². The standard InChI is InChI=1S/C12H19N5O2S/c1-12(2,3)19-11(18)17-6-4-16(5-7-17)10(15)20-9(14)8-13/h14-15H,4-7H2,1-3H3. The van der Waals surface area contributed by atoms with Crippen molar-refractivity contribution in [1.82, 2.24) is 9.80 Å². The average Bonchev–Trinajstić information content (AvgIpc) is 2.36. The van der Waals surface area contributed by atoms with Gasteiger partial charge < -0.3 is 14.5 Å². The fourth-order valence-electron chi connectivity index (χ4n) is 1.60. The van der Waals surface area contributed by atoms with Gasteiger partial charge in [-0.1, -0.05) is 0 Å². The van der Waals surface area contributed by atoms with E-state index in [9.17, 15) is 4.79 Å². The van der Waals surface area contributed by atoms with E-state index >= 15 is 0 Å². The van der Waals surface area contributed by atoms with Crippen LogP contribution in [0.2, 0.25) is 0 Å². The fourth-order valence-corrected chi connectivity index (χ4v) is 2.15. The number of thioether (sulfide) groups is 1. The second kappa shape index (κ2) is 6.61. The zero-order valence-corrected chi connectivity index (χ0v) is 12.7. The first-order chi connectivity index (χ1) is 9.23. The SMILES string of the molecule is CC(C)(C)OC(=O)N1CCN(C(=N)SC(=N)C#N)CC1. The van der Waals surface area contributed by atoms with Crippen molar-refractivity contribution in [3.05, 3.63) is 0 Å². The molecule has 7 nitrogen and oxygen atoms in total. The van der Waals surface area contributed by atoms with Gasteiger partial charge in [0.1, 0.15) is 11.7 Å². The van der Waals surface area contributed by atoms with Crippen molar-refractivity contribution < 1.29 is 9.53 Å². The number of carbonyl (C=O) groups excluding carboxylic acids is 1. The first-order valence-electron chi connectivity index (χ1n) is 6.21. The van der Waals surface area contributed by atoms with Gasteiger partial charge in [0.05, 0.1) is 0 Å². The van der Waals surface area contributed by atoms with Gasteiger partial charge in [0.15, 0.2) is 10.2 Å². The third-order valence-electron chi connectivity index (χ3n) is 2.52. The minimum Gasteiger partial charge on any atom is -0.444 e. The van der Waals surface area contributed by atoms with Crippen molar-refractivity contribution in [3.8, 4) is 6.07 Å². The second-order valence-electron chi connectivity index (χ2n) is 5.30. The van der Waals surface area contributed by atoms with Crippen molar-refractivity contribution in [2.45, 2.75) is 26.4 Å². The molecule has 0 spiro atoms. The molecule has 1 heterocycles. The first kappa shape index (κ1) is 16.3. The molecule has 0 bridgehead atoms. The molecule has 0 saturated carbocycles. The summed E-state index contributed by atoms with van der Waals surface area (Å²) >= 11 is 0.822. The van der Waals surface area contributed by atoms with Crippen LogP contribution in [0.25, 0.3) is 0 Å². The van der Waals surface area contributed by atoms with Crippen molar-refractivity contribution in [1.29, 1.82) is 16.1 Å². The molecule has 1 amide bonds. The van der Waals surface area contributed by atoms with Crippen molar-refractivity contribution >= 4 is 28.1 Å². The lowest BCUT2D eigenvalue weighted by molar-refractivity contribution is 0.0188. The molecule has 0 atom stereocenters. The summed E-state index contributed by atoms with van der Waals surface area (Å²) in [6.45, 7) is 7.41.